The Balaban J connectivity index is 1.51. The maximum absolute atomic E-state index is 12.6. The monoisotopic (exact) mass is 436 g/mol. The van der Waals surface area contributed by atoms with Gasteiger partial charge in [0.05, 0.1) is 24.4 Å². The number of hydrogen-bond acceptors (Lipinski definition) is 4. The van der Waals surface area contributed by atoms with Crippen molar-refractivity contribution in [2.75, 3.05) is 7.11 Å². The molecule has 1 heterocycles. The summed E-state index contributed by atoms with van der Waals surface area (Å²) < 4.78 is 13.4. The van der Waals surface area contributed by atoms with Crippen LogP contribution >= 0.6 is 11.6 Å². The average Bonchev–Trinajstić information content (AvgIpc) is 3.51. The van der Waals surface area contributed by atoms with Crippen LogP contribution in [0.4, 0.5) is 0 Å². The van der Waals surface area contributed by atoms with Gasteiger partial charge in [-0.1, -0.05) is 48.7 Å². The van der Waals surface area contributed by atoms with Gasteiger partial charge in [-0.25, -0.2) is 4.68 Å². The normalized spacial score (nSPS) is 18.2. The van der Waals surface area contributed by atoms with Crippen LogP contribution in [0.2, 0.25) is 5.02 Å². The number of fused-ring (bicyclic) bond motifs is 1. The highest BCUT2D eigenvalue weighted by molar-refractivity contribution is 6.30. The molecule has 1 aromatic heterocycles. The molecular weight excluding hydrogens is 412 g/mol. The summed E-state index contributed by atoms with van der Waals surface area (Å²) in [6, 6.07) is 15.6. The summed E-state index contributed by atoms with van der Waals surface area (Å²) in [6.45, 7) is 0. The van der Waals surface area contributed by atoms with Gasteiger partial charge in [0.25, 0.3) is 0 Å². The third-order valence-corrected chi connectivity index (χ3v) is 6.57. The minimum atomic E-state index is -0.149. The molecule has 1 saturated carbocycles. The standard InChI is InChI=1S/C25H25ClN2O3/c1-30-23-9-5-4-8-22(23)28-24(16-10-12-18(26)13-11-16)20-14-19(15-21(20)27-28)31-25(29)17-6-2-3-7-17/h4-5,8-13,17,19H,2-3,6-7,14-15H2,1H3. The molecule has 2 aliphatic carbocycles. The van der Waals surface area contributed by atoms with Crippen molar-refractivity contribution in [3.63, 3.8) is 0 Å². The quantitative estimate of drug-likeness (QED) is 0.502. The summed E-state index contributed by atoms with van der Waals surface area (Å²) in [5.74, 6) is 0.776. The van der Waals surface area contributed by atoms with E-state index in [2.05, 4.69) is 0 Å². The minimum Gasteiger partial charge on any atom is -0.494 e. The third kappa shape index (κ3) is 3.83. The van der Waals surface area contributed by atoms with E-state index < -0.39 is 0 Å². The van der Waals surface area contributed by atoms with Crippen molar-refractivity contribution in [1.29, 1.82) is 0 Å². The van der Waals surface area contributed by atoms with Gasteiger partial charge < -0.3 is 9.47 Å². The molecule has 0 radical (unpaired) electrons. The van der Waals surface area contributed by atoms with Crippen LogP contribution in [0.3, 0.4) is 0 Å². The van der Waals surface area contributed by atoms with Crippen molar-refractivity contribution in [2.24, 2.45) is 5.92 Å². The van der Waals surface area contributed by atoms with Crippen LogP contribution < -0.4 is 4.74 Å². The molecule has 2 aliphatic rings. The minimum absolute atomic E-state index is 0.0432. The van der Waals surface area contributed by atoms with E-state index in [0.29, 0.717) is 17.9 Å². The van der Waals surface area contributed by atoms with E-state index in [1.54, 1.807) is 7.11 Å². The number of hydrogen-bond donors (Lipinski definition) is 0. The average molecular weight is 437 g/mol. The van der Waals surface area contributed by atoms with Crippen LogP contribution in [0.15, 0.2) is 48.5 Å². The van der Waals surface area contributed by atoms with Crippen molar-refractivity contribution >= 4 is 17.6 Å². The molecule has 5 nitrogen and oxygen atoms in total. The Kier molecular flexibility index (Phi) is 5.45. The summed E-state index contributed by atoms with van der Waals surface area (Å²) >= 11 is 6.14. The van der Waals surface area contributed by atoms with E-state index in [9.17, 15) is 4.79 Å². The van der Waals surface area contributed by atoms with Crippen molar-refractivity contribution in [3.8, 4) is 22.7 Å². The number of halogens is 1. The number of nitrogens with zero attached hydrogens (tertiary/aromatic N) is 2. The van der Waals surface area contributed by atoms with Crippen molar-refractivity contribution in [3.05, 3.63) is 64.8 Å². The molecule has 2 aromatic carbocycles. The molecule has 5 rings (SSSR count). The van der Waals surface area contributed by atoms with Crippen molar-refractivity contribution < 1.29 is 14.3 Å². The van der Waals surface area contributed by atoms with E-state index in [1.165, 1.54) is 0 Å². The molecule has 6 heteroatoms. The molecule has 0 saturated heterocycles. The number of carbonyl (C=O) groups is 1. The molecule has 31 heavy (non-hydrogen) atoms. The molecule has 3 aromatic rings. The smallest absolute Gasteiger partial charge is 0.309 e. The SMILES string of the molecule is COc1ccccc1-n1nc2c(c1-c1ccc(Cl)cc1)CC(OC(=O)C1CCCC1)C2. The summed E-state index contributed by atoms with van der Waals surface area (Å²) in [7, 11) is 1.66. The van der Waals surface area contributed by atoms with Gasteiger partial charge in [-0.2, -0.15) is 5.10 Å². The Labute approximate surface area is 186 Å². The van der Waals surface area contributed by atoms with Gasteiger partial charge in [0, 0.05) is 29.0 Å². The third-order valence-electron chi connectivity index (χ3n) is 6.32. The summed E-state index contributed by atoms with van der Waals surface area (Å²) in [5.41, 5.74) is 4.99. The van der Waals surface area contributed by atoms with E-state index in [-0.39, 0.29) is 18.0 Å². The molecule has 0 amide bonds. The molecular formula is C25H25ClN2O3. The zero-order chi connectivity index (χ0) is 21.4. The molecule has 160 valence electrons. The number of aromatic nitrogens is 2. The van der Waals surface area contributed by atoms with E-state index in [1.807, 2.05) is 53.2 Å². The lowest BCUT2D eigenvalue weighted by Gasteiger charge is -2.17. The lowest BCUT2D eigenvalue weighted by molar-refractivity contribution is -0.153. The van der Waals surface area contributed by atoms with Crippen molar-refractivity contribution in [1.82, 2.24) is 9.78 Å². The largest absolute Gasteiger partial charge is 0.494 e. The predicted molar refractivity (Wildman–Crippen MR) is 120 cm³/mol. The Morgan fingerprint density at radius 2 is 1.81 bits per heavy atom. The number of methoxy groups -OCH3 is 1. The lowest BCUT2D eigenvalue weighted by atomic mass is 10.1. The highest BCUT2D eigenvalue weighted by Gasteiger charge is 2.34. The highest BCUT2D eigenvalue weighted by Crippen LogP contribution is 2.38. The fourth-order valence-electron chi connectivity index (χ4n) is 4.78. The molecule has 1 fully saturated rings. The highest BCUT2D eigenvalue weighted by atomic mass is 35.5. The molecule has 0 spiro atoms. The topological polar surface area (TPSA) is 53.4 Å². The first kappa shape index (κ1) is 20.1. The van der Waals surface area contributed by atoms with Crippen LogP contribution in [0.1, 0.15) is 36.9 Å². The molecule has 0 aliphatic heterocycles. The van der Waals surface area contributed by atoms with Gasteiger partial charge in [-0.3, -0.25) is 4.79 Å². The van der Waals surface area contributed by atoms with Gasteiger partial charge in [0.1, 0.15) is 17.5 Å². The Bertz CT molecular complexity index is 1100. The molecule has 1 unspecified atom stereocenters. The first-order chi connectivity index (χ1) is 15.1. The fourth-order valence-corrected chi connectivity index (χ4v) is 4.90. The Hall–Kier alpha value is -2.79. The summed E-state index contributed by atoms with van der Waals surface area (Å²) in [4.78, 5) is 12.6. The fraction of sp³-hybridized carbons (Fsp3) is 0.360. The summed E-state index contributed by atoms with van der Waals surface area (Å²) in [6.07, 6.45) is 5.30. The van der Waals surface area contributed by atoms with Gasteiger partial charge in [-0.15, -0.1) is 0 Å². The number of benzene rings is 2. The number of esters is 1. The Morgan fingerprint density at radius 1 is 1.06 bits per heavy atom. The first-order valence-electron chi connectivity index (χ1n) is 10.8. The van der Waals surface area contributed by atoms with Gasteiger partial charge >= 0.3 is 5.97 Å². The first-order valence-corrected chi connectivity index (χ1v) is 11.2. The van der Waals surface area contributed by atoms with Crippen molar-refractivity contribution in [2.45, 2.75) is 44.6 Å². The zero-order valence-electron chi connectivity index (χ0n) is 17.5. The van der Waals surface area contributed by atoms with Crippen LogP contribution in [0, 0.1) is 5.92 Å². The second-order valence-electron chi connectivity index (χ2n) is 8.31. The number of ether oxygens (including phenoxy) is 2. The van der Waals surface area contributed by atoms with Crippen LogP contribution in [0.25, 0.3) is 16.9 Å². The lowest BCUT2D eigenvalue weighted by Crippen LogP contribution is -2.24. The molecule has 1 atom stereocenters. The second kappa shape index (κ2) is 8.39. The second-order valence-corrected chi connectivity index (χ2v) is 8.75. The van der Waals surface area contributed by atoms with Crippen LogP contribution in [-0.2, 0) is 22.4 Å². The number of para-hydroxylation sites is 2. The van der Waals surface area contributed by atoms with Crippen LogP contribution in [-0.4, -0.2) is 29.0 Å². The van der Waals surface area contributed by atoms with Gasteiger partial charge in [0.15, 0.2) is 0 Å². The molecule has 0 N–H and O–H groups in total. The Morgan fingerprint density at radius 3 is 2.55 bits per heavy atom. The maximum atomic E-state index is 12.6. The summed E-state index contributed by atoms with van der Waals surface area (Å²) in [5, 5.41) is 5.62. The van der Waals surface area contributed by atoms with E-state index in [4.69, 9.17) is 26.2 Å². The van der Waals surface area contributed by atoms with E-state index in [0.717, 1.165) is 59.6 Å². The van der Waals surface area contributed by atoms with Gasteiger partial charge in [0.2, 0.25) is 0 Å². The zero-order valence-corrected chi connectivity index (χ0v) is 18.3. The number of carbonyl (C=O) groups excluding carboxylic acids is 1. The van der Waals surface area contributed by atoms with Crippen LogP contribution in [0.5, 0.6) is 5.75 Å². The van der Waals surface area contributed by atoms with Gasteiger partial charge in [-0.05, 0) is 37.1 Å². The molecule has 0 bridgehead atoms. The number of rotatable bonds is 5. The maximum Gasteiger partial charge on any atom is 0.309 e. The predicted octanol–water partition coefficient (Wildman–Crippen LogP) is 5.40. The van der Waals surface area contributed by atoms with E-state index >= 15 is 0 Å².